The summed E-state index contributed by atoms with van der Waals surface area (Å²) in [7, 11) is -4.28. The summed E-state index contributed by atoms with van der Waals surface area (Å²) in [6.07, 6.45) is 0.229. The molecule has 224 valence electrons. The van der Waals surface area contributed by atoms with Crippen molar-refractivity contribution in [3.63, 3.8) is 0 Å². The molecule has 0 aliphatic carbocycles. The number of nitrogens with zero attached hydrogens (tertiary/aromatic N) is 2. The molecule has 4 aromatic rings. The Labute approximate surface area is 253 Å². The van der Waals surface area contributed by atoms with Crippen molar-refractivity contribution in [2.75, 3.05) is 10.8 Å². The summed E-state index contributed by atoms with van der Waals surface area (Å²) in [6.45, 7) is 5.16. The van der Waals surface area contributed by atoms with Gasteiger partial charge in [0.2, 0.25) is 11.8 Å². The highest BCUT2D eigenvalue weighted by atomic mass is 32.2. The van der Waals surface area contributed by atoms with Gasteiger partial charge in [-0.2, -0.15) is 0 Å². The van der Waals surface area contributed by atoms with E-state index in [1.165, 1.54) is 17.0 Å². The second-order valence-electron chi connectivity index (χ2n) is 10.7. The Morgan fingerprint density at radius 2 is 1.37 bits per heavy atom. The van der Waals surface area contributed by atoms with Crippen molar-refractivity contribution in [3.05, 3.63) is 132 Å². The van der Waals surface area contributed by atoms with Gasteiger partial charge < -0.3 is 10.2 Å². The highest BCUT2D eigenvalue weighted by Crippen LogP contribution is 2.25. The van der Waals surface area contributed by atoms with E-state index in [9.17, 15) is 22.4 Å². The Morgan fingerprint density at radius 1 is 0.791 bits per heavy atom. The molecule has 1 N–H and O–H groups in total. The number of rotatable bonds is 12. The molecule has 0 radical (unpaired) electrons. The fourth-order valence-corrected chi connectivity index (χ4v) is 6.10. The fourth-order valence-electron chi connectivity index (χ4n) is 4.68. The van der Waals surface area contributed by atoms with Gasteiger partial charge in [-0.15, -0.1) is 0 Å². The van der Waals surface area contributed by atoms with Crippen LogP contribution in [0, 0.1) is 12.7 Å². The van der Waals surface area contributed by atoms with Gasteiger partial charge in [0.1, 0.15) is 18.4 Å². The molecule has 0 fully saturated rings. The monoisotopic (exact) mass is 601 g/mol. The summed E-state index contributed by atoms with van der Waals surface area (Å²) in [5.41, 5.74) is 2.95. The van der Waals surface area contributed by atoms with Crippen LogP contribution in [-0.4, -0.2) is 43.8 Å². The van der Waals surface area contributed by atoms with E-state index < -0.39 is 34.3 Å². The quantitative estimate of drug-likeness (QED) is 0.233. The Morgan fingerprint density at radius 3 is 1.95 bits per heavy atom. The smallest absolute Gasteiger partial charge is 0.264 e. The average molecular weight is 602 g/mol. The molecule has 0 aliphatic rings. The van der Waals surface area contributed by atoms with Crippen LogP contribution in [0.4, 0.5) is 10.1 Å². The van der Waals surface area contributed by atoms with Gasteiger partial charge in [-0.3, -0.25) is 13.9 Å². The number of benzene rings is 4. The summed E-state index contributed by atoms with van der Waals surface area (Å²) in [6, 6.07) is 28.6. The van der Waals surface area contributed by atoms with Crippen LogP contribution >= 0.6 is 0 Å². The lowest BCUT2D eigenvalue weighted by Crippen LogP contribution is -2.54. The first-order valence-electron chi connectivity index (χ1n) is 14.1. The predicted octanol–water partition coefficient (Wildman–Crippen LogP) is 5.49. The van der Waals surface area contributed by atoms with Crippen molar-refractivity contribution in [3.8, 4) is 0 Å². The van der Waals surface area contributed by atoms with Crippen molar-refractivity contribution < 1.29 is 22.4 Å². The van der Waals surface area contributed by atoms with Crippen molar-refractivity contribution in [1.82, 2.24) is 10.2 Å². The third-order valence-corrected chi connectivity index (χ3v) is 8.69. The van der Waals surface area contributed by atoms with E-state index in [0.29, 0.717) is 0 Å². The summed E-state index contributed by atoms with van der Waals surface area (Å²) < 4.78 is 42.5. The molecule has 9 heteroatoms. The topological polar surface area (TPSA) is 86.8 Å². The highest BCUT2D eigenvalue weighted by Gasteiger charge is 2.34. The number of hydrogen-bond acceptors (Lipinski definition) is 4. The molecule has 0 saturated heterocycles. The third kappa shape index (κ3) is 8.29. The van der Waals surface area contributed by atoms with Crippen LogP contribution in [-0.2, 0) is 32.6 Å². The van der Waals surface area contributed by atoms with E-state index in [4.69, 9.17) is 0 Å². The van der Waals surface area contributed by atoms with Crippen LogP contribution in [0.2, 0.25) is 0 Å². The minimum Gasteiger partial charge on any atom is -0.352 e. The zero-order valence-electron chi connectivity index (χ0n) is 24.5. The largest absolute Gasteiger partial charge is 0.352 e. The maximum atomic E-state index is 14.3. The number of para-hydroxylation sites is 1. The van der Waals surface area contributed by atoms with Crippen molar-refractivity contribution in [2.24, 2.45) is 0 Å². The van der Waals surface area contributed by atoms with Gasteiger partial charge in [-0.25, -0.2) is 12.8 Å². The van der Waals surface area contributed by atoms with E-state index in [2.05, 4.69) is 5.32 Å². The fraction of sp³-hybridized carbons (Fsp3) is 0.235. The highest BCUT2D eigenvalue weighted by molar-refractivity contribution is 7.92. The SMILES string of the molecule is Cc1ccc(CN(C(=O)CN(c2ccccc2)S(=O)(=O)c2ccc(F)cc2)C(Cc2ccccc2)C(=O)NC(C)C)cc1. The summed E-state index contributed by atoms with van der Waals surface area (Å²) in [4.78, 5) is 29.3. The molecule has 0 heterocycles. The lowest BCUT2D eigenvalue weighted by molar-refractivity contribution is -0.140. The van der Waals surface area contributed by atoms with E-state index >= 15 is 0 Å². The number of anilines is 1. The first-order chi connectivity index (χ1) is 20.5. The van der Waals surface area contributed by atoms with Crippen molar-refractivity contribution >= 4 is 27.5 Å². The number of aryl methyl sites for hydroxylation is 1. The number of amides is 2. The van der Waals surface area contributed by atoms with Gasteiger partial charge in [-0.05, 0) is 68.3 Å². The number of carbonyl (C=O) groups is 2. The third-order valence-electron chi connectivity index (χ3n) is 6.90. The van der Waals surface area contributed by atoms with Gasteiger partial charge in [0, 0.05) is 19.0 Å². The molecule has 4 rings (SSSR count). The number of halogens is 1. The molecule has 2 amide bonds. The van der Waals surface area contributed by atoms with Crippen molar-refractivity contribution in [1.29, 1.82) is 0 Å². The Balaban J connectivity index is 1.78. The van der Waals surface area contributed by atoms with Gasteiger partial charge in [0.25, 0.3) is 10.0 Å². The van der Waals surface area contributed by atoms with E-state index in [-0.39, 0.29) is 35.5 Å². The van der Waals surface area contributed by atoms with Gasteiger partial charge in [-0.1, -0.05) is 78.4 Å². The first kappa shape index (κ1) is 31.4. The standard InChI is InChI=1S/C34H36FN3O4S/c1-25(2)36-34(40)32(22-27-10-6-4-7-11-27)37(23-28-16-14-26(3)15-17-28)33(39)24-38(30-12-8-5-9-13-30)43(41,42)31-20-18-29(35)19-21-31/h4-21,25,32H,22-24H2,1-3H3,(H,36,40). The molecule has 7 nitrogen and oxygen atoms in total. The number of sulfonamides is 1. The maximum Gasteiger partial charge on any atom is 0.264 e. The minimum atomic E-state index is -4.28. The normalized spacial score (nSPS) is 12.0. The van der Waals surface area contributed by atoms with E-state index in [1.54, 1.807) is 30.3 Å². The van der Waals surface area contributed by atoms with Crippen molar-refractivity contribution in [2.45, 2.75) is 50.7 Å². The van der Waals surface area contributed by atoms with Crippen LogP contribution in [0.1, 0.15) is 30.5 Å². The molecule has 4 aromatic carbocycles. The average Bonchev–Trinajstić information content (AvgIpc) is 2.99. The lowest BCUT2D eigenvalue weighted by Gasteiger charge is -2.34. The molecular weight excluding hydrogens is 565 g/mol. The summed E-state index contributed by atoms with van der Waals surface area (Å²) in [5.74, 6) is -1.48. The second kappa shape index (κ2) is 14.1. The zero-order chi connectivity index (χ0) is 31.0. The Kier molecular flexibility index (Phi) is 10.3. The van der Waals surface area contributed by atoms with Crippen LogP contribution in [0.15, 0.2) is 114 Å². The van der Waals surface area contributed by atoms with Crippen LogP contribution in [0.25, 0.3) is 0 Å². The Bertz CT molecular complexity index is 1610. The Hall–Kier alpha value is -4.50. The van der Waals surface area contributed by atoms with Crippen LogP contribution in [0.5, 0.6) is 0 Å². The lowest BCUT2D eigenvalue weighted by atomic mass is 10.0. The van der Waals surface area contributed by atoms with Crippen LogP contribution in [0.3, 0.4) is 0 Å². The number of hydrogen-bond donors (Lipinski definition) is 1. The summed E-state index contributed by atoms with van der Waals surface area (Å²) in [5, 5.41) is 2.94. The first-order valence-corrected chi connectivity index (χ1v) is 15.5. The van der Waals surface area contributed by atoms with E-state index in [0.717, 1.165) is 33.1 Å². The molecule has 1 unspecified atom stereocenters. The number of nitrogens with one attached hydrogen (secondary N) is 1. The molecule has 0 aromatic heterocycles. The van der Waals surface area contributed by atoms with E-state index in [1.807, 2.05) is 75.4 Å². The zero-order valence-corrected chi connectivity index (χ0v) is 25.3. The van der Waals surface area contributed by atoms with Crippen LogP contribution < -0.4 is 9.62 Å². The predicted molar refractivity (Wildman–Crippen MR) is 166 cm³/mol. The molecular formula is C34H36FN3O4S. The minimum absolute atomic E-state index is 0.0847. The molecule has 1 atom stereocenters. The number of carbonyl (C=O) groups excluding carboxylic acids is 2. The molecule has 0 aliphatic heterocycles. The second-order valence-corrected chi connectivity index (χ2v) is 12.5. The molecule has 0 spiro atoms. The van der Waals surface area contributed by atoms with Gasteiger partial charge >= 0.3 is 0 Å². The maximum absolute atomic E-state index is 14.3. The van der Waals surface area contributed by atoms with Gasteiger partial charge in [0.15, 0.2) is 0 Å². The molecule has 43 heavy (non-hydrogen) atoms. The molecule has 0 saturated carbocycles. The summed E-state index contributed by atoms with van der Waals surface area (Å²) >= 11 is 0. The van der Waals surface area contributed by atoms with Gasteiger partial charge in [0.05, 0.1) is 10.6 Å². The molecule has 0 bridgehead atoms.